The molecule has 2 N–H and O–H groups in total. The van der Waals surface area contributed by atoms with Crippen LogP contribution in [0.4, 0.5) is 0 Å². The van der Waals surface area contributed by atoms with E-state index in [1.165, 1.54) is 8.97 Å². The van der Waals surface area contributed by atoms with Gasteiger partial charge >= 0.3 is 5.69 Å². The Kier molecular flexibility index (Phi) is 6.33. The summed E-state index contributed by atoms with van der Waals surface area (Å²) in [6.45, 7) is 7.56. The third kappa shape index (κ3) is 4.62. The standard InChI is InChI=1S/C24H32N6O4/c1-5-12-28-21(33)17-11-10-15(20(32)25-16-8-6-7-9-16)13-18(17)30-22(28)27-29(23(30)34)14-19(31)26-24(2,3)4/h10-11,13,16H,5-9,12,14H2,1-4H3,(H,25,32)(H,26,31). The lowest BCUT2D eigenvalue weighted by Gasteiger charge is -2.20. The Morgan fingerprint density at radius 2 is 1.85 bits per heavy atom. The molecule has 1 aromatic carbocycles. The first-order valence-corrected chi connectivity index (χ1v) is 11.9. The molecular weight excluding hydrogens is 436 g/mol. The molecule has 0 aliphatic heterocycles. The molecule has 0 radical (unpaired) electrons. The Labute approximate surface area is 196 Å². The first kappa shape index (κ1) is 23.7. The number of fused-ring (bicyclic) bond motifs is 3. The quantitative estimate of drug-likeness (QED) is 0.572. The van der Waals surface area contributed by atoms with Crippen LogP contribution >= 0.6 is 0 Å². The fourth-order valence-corrected chi connectivity index (χ4v) is 4.52. The van der Waals surface area contributed by atoms with Crippen LogP contribution < -0.4 is 21.9 Å². The van der Waals surface area contributed by atoms with Gasteiger partial charge in [-0.1, -0.05) is 19.8 Å². The number of benzene rings is 1. The fraction of sp³-hybridized carbons (Fsp3) is 0.542. The minimum atomic E-state index is -0.540. The third-order valence-electron chi connectivity index (χ3n) is 5.99. The molecule has 2 heterocycles. The van der Waals surface area contributed by atoms with Gasteiger partial charge in [0.25, 0.3) is 11.5 Å². The van der Waals surface area contributed by atoms with Crippen LogP contribution in [0.1, 0.15) is 70.2 Å². The Morgan fingerprint density at radius 1 is 1.15 bits per heavy atom. The predicted molar refractivity (Wildman–Crippen MR) is 129 cm³/mol. The van der Waals surface area contributed by atoms with E-state index in [0.717, 1.165) is 30.4 Å². The van der Waals surface area contributed by atoms with Crippen molar-refractivity contribution < 1.29 is 9.59 Å². The van der Waals surface area contributed by atoms with E-state index in [9.17, 15) is 19.2 Å². The van der Waals surface area contributed by atoms with Crippen LogP contribution in [0.2, 0.25) is 0 Å². The molecule has 34 heavy (non-hydrogen) atoms. The second-order valence-electron chi connectivity index (χ2n) is 10.0. The van der Waals surface area contributed by atoms with Crippen LogP contribution in [0.25, 0.3) is 16.7 Å². The van der Waals surface area contributed by atoms with Crippen molar-refractivity contribution in [1.29, 1.82) is 0 Å². The van der Waals surface area contributed by atoms with Gasteiger partial charge in [0.15, 0.2) is 0 Å². The van der Waals surface area contributed by atoms with Crippen molar-refractivity contribution in [2.75, 3.05) is 0 Å². The summed E-state index contributed by atoms with van der Waals surface area (Å²) < 4.78 is 3.83. The van der Waals surface area contributed by atoms with E-state index in [2.05, 4.69) is 15.7 Å². The Balaban J connectivity index is 1.84. The van der Waals surface area contributed by atoms with Crippen LogP contribution in [-0.4, -0.2) is 42.1 Å². The molecule has 182 valence electrons. The maximum Gasteiger partial charge on any atom is 0.352 e. The minimum Gasteiger partial charge on any atom is -0.350 e. The van der Waals surface area contributed by atoms with E-state index < -0.39 is 11.2 Å². The topological polar surface area (TPSA) is 120 Å². The minimum absolute atomic E-state index is 0.146. The van der Waals surface area contributed by atoms with Crippen LogP contribution in [0, 0.1) is 0 Å². The number of nitrogens with one attached hydrogen (secondary N) is 2. The summed E-state index contributed by atoms with van der Waals surface area (Å²) in [5.74, 6) is -0.436. The number of hydrogen-bond donors (Lipinski definition) is 2. The highest BCUT2D eigenvalue weighted by molar-refractivity contribution is 5.98. The number of aromatic nitrogens is 4. The molecule has 1 fully saturated rings. The fourth-order valence-electron chi connectivity index (χ4n) is 4.52. The summed E-state index contributed by atoms with van der Waals surface area (Å²) >= 11 is 0. The van der Waals surface area contributed by atoms with Gasteiger partial charge in [-0.05, 0) is 58.2 Å². The molecule has 1 aliphatic carbocycles. The lowest BCUT2D eigenvalue weighted by molar-refractivity contribution is -0.123. The molecule has 2 aromatic heterocycles. The van der Waals surface area contributed by atoms with Crippen molar-refractivity contribution in [2.24, 2.45) is 0 Å². The average molecular weight is 469 g/mol. The summed E-state index contributed by atoms with van der Waals surface area (Å²) in [6, 6.07) is 4.91. The zero-order valence-corrected chi connectivity index (χ0v) is 20.2. The molecule has 0 unspecified atom stereocenters. The van der Waals surface area contributed by atoms with Crippen molar-refractivity contribution in [2.45, 2.75) is 84.5 Å². The van der Waals surface area contributed by atoms with Gasteiger partial charge in [0.05, 0.1) is 10.9 Å². The second-order valence-corrected chi connectivity index (χ2v) is 10.0. The summed E-state index contributed by atoms with van der Waals surface area (Å²) in [5, 5.41) is 10.5. The lowest BCUT2D eigenvalue weighted by Crippen LogP contribution is -2.43. The van der Waals surface area contributed by atoms with E-state index >= 15 is 0 Å². The molecule has 0 spiro atoms. The van der Waals surface area contributed by atoms with Crippen molar-refractivity contribution in [3.63, 3.8) is 0 Å². The van der Waals surface area contributed by atoms with E-state index in [1.807, 2.05) is 27.7 Å². The van der Waals surface area contributed by atoms with Gasteiger partial charge in [-0.15, -0.1) is 5.10 Å². The number of carbonyl (C=O) groups excluding carboxylic acids is 2. The third-order valence-corrected chi connectivity index (χ3v) is 5.99. The van der Waals surface area contributed by atoms with E-state index in [4.69, 9.17) is 0 Å². The average Bonchev–Trinajstić information content (AvgIpc) is 3.37. The SMILES string of the molecule is CCCn1c(=O)c2ccc(C(=O)NC3CCCC3)cc2n2c(=O)n(CC(=O)NC(C)(C)C)nc12. The van der Waals surface area contributed by atoms with Gasteiger partial charge in [-0.3, -0.25) is 19.0 Å². The monoisotopic (exact) mass is 468 g/mol. The highest BCUT2D eigenvalue weighted by atomic mass is 16.2. The maximum atomic E-state index is 13.3. The van der Waals surface area contributed by atoms with Gasteiger partial charge in [-0.2, -0.15) is 0 Å². The molecule has 1 saturated carbocycles. The summed E-state index contributed by atoms with van der Waals surface area (Å²) in [6.07, 6.45) is 4.76. The number of amides is 2. The molecule has 10 nitrogen and oxygen atoms in total. The Hall–Kier alpha value is -3.43. The van der Waals surface area contributed by atoms with E-state index in [0.29, 0.717) is 29.4 Å². The normalized spacial score (nSPS) is 14.7. The van der Waals surface area contributed by atoms with Gasteiger partial charge in [-0.25, -0.2) is 13.9 Å². The van der Waals surface area contributed by atoms with Crippen molar-refractivity contribution in [3.8, 4) is 0 Å². The Morgan fingerprint density at radius 3 is 2.50 bits per heavy atom. The molecule has 0 atom stereocenters. The number of rotatable bonds is 6. The molecule has 2 amide bonds. The molecule has 0 saturated heterocycles. The first-order chi connectivity index (χ1) is 16.1. The number of nitrogens with zero attached hydrogens (tertiary/aromatic N) is 4. The molecule has 0 bridgehead atoms. The zero-order valence-electron chi connectivity index (χ0n) is 20.2. The highest BCUT2D eigenvalue weighted by Gasteiger charge is 2.22. The van der Waals surface area contributed by atoms with Crippen LogP contribution in [0.3, 0.4) is 0 Å². The van der Waals surface area contributed by atoms with Crippen LogP contribution in [0.5, 0.6) is 0 Å². The smallest absolute Gasteiger partial charge is 0.350 e. The van der Waals surface area contributed by atoms with Crippen molar-refractivity contribution in [1.82, 2.24) is 29.4 Å². The zero-order chi connectivity index (χ0) is 24.6. The van der Waals surface area contributed by atoms with Gasteiger partial charge in [0.2, 0.25) is 11.7 Å². The molecule has 1 aliphatic rings. The van der Waals surface area contributed by atoms with E-state index in [-0.39, 0.29) is 35.7 Å². The lowest BCUT2D eigenvalue weighted by atomic mass is 10.1. The molecular formula is C24H32N6O4. The maximum absolute atomic E-state index is 13.3. The predicted octanol–water partition coefficient (Wildman–Crippen LogP) is 1.81. The summed E-state index contributed by atoms with van der Waals surface area (Å²) in [7, 11) is 0. The molecule has 4 rings (SSSR count). The van der Waals surface area contributed by atoms with Crippen LogP contribution in [0.15, 0.2) is 27.8 Å². The first-order valence-electron chi connectivity index (χ1n) is 11.9. The van der Waals surface area contributed by atoms with E-state index in [1.54, 1.807) is 18.2 Å². The van der Waals surface area contributed by atoms with Gasteiger partial charge in [0.1, 0.15) is 6.54 Å². The van der Waals surface area contributed by atoms with Gasteiger partial charge < -0.3 is 10.6 Å². The molecule has 3 aromatic rings. The van der Waals surface area contributed by atoms with Crippen molar-refractivity contribution >= 4 is 28.5 Å². The molecule has 10 heteroatoms. The number of hydrogen-bond acceptors (Lipinski definition) is 5. The summed E-state index contributed by atoms with van der Waals surface area (Å²) in [5.41, 5.74) is -0.610. The highest BCUT2D eigenvalue weighted by Crippen LogP contribution is 2.19. The van der Waals surface area contributed by atoms with Crippen molar-refractivity contribution in [3.05, 3.63) is 44.6 Å². The second kappa shape index (κ2) is 9.08. The number of carbonyl (C=O) groups is 2. The Bertz CT molecular complexity index is 1370. The van der Waals surface area contributed by atoms with Crippen LogP contribution in [-0.2, 0) is 17.9 Å². The largest absolute Gasteiger partial charge is 0.352 e. The van der Waals surface area contributed by atoms with Gasteiger partial charge in [0, 0.05) is 23.7 Å². The number of aryl methyl sites for hydroxylation is 1. The summed E-state index contributed by atoms with van der Waals surface area (Å²) in [4.78, 5) is 51.9.